The Labute approximate surface area is 99.1 Å². The van der Waals surface area contributed by atoms with Crippen LogP contribution in [0.5, 0.6) is 5.88 Å². The van der Waals surface area contributed by atoms with E-state index in [9.17, 15) is 4.39 Å². The van der Waals surface area contributed by atoms with E-state index in [0.29, 0.717) is 0 Å². The molecule has 1 heterocycles. The molecule has 0 aliphatic rings. The molecule has 0 aliphatic carbocycles. The highest BCUT2D eigenvalue weighted by Crippen LogP contribution is 2.42. The monoisotopic (exact) mass is 278 g/mol. The van der Waals surface area contributed by atoms with E-state index in [0.717, 1.165) is 0 Å². The fourth-order valence-corrected chi connectivity index (χ4v) is 1.58. The Morgan fingerprint density at radius 2 is 1.86 bits per heavy atom. The molecular weight excluding hydrogens is 277 g/mol. The van der Waals surface area contributed by atoms with Crippen LogP contribution in [-0.4, -0.2) is 17.1 Å². The Hall–Kier alpha value is -0.0300. The van der Waals surface area contributed by atoms with Gasteiger partial charge in [0, 0.05) is 0 Å². The van der Waals surface area contributed by atoms with Crippen molar-refractivity contribution < 1.29 is 9.13 Å². The first kappa shape index (κ1) is 12.0. The number of halogens is 5. The van der Waals surface area contributed by atoms with Crippen molar-refractivity contribution in [3.8, 4) is 5.88 Å². The largest absolute Gasteiger partial charge is 0.480 e. The molecular formula is C6H3Cl4FN2O. The van der Waals surface area contributed by atoms with E-state index < -0.39 is 9.87 Å². The minimum Gasteiger partial charge on any atom is -0.480 e. The van der Waals surface area contributed by atoms with Gasteiger partial charge in [-0.25, -0.2) is 4.98 Å². The van der Waals surface area contributed by atoms with Crippen LogP contribution in [0.4, 0.5) is 4.39 Å². The molecule has 1 aromatic rings. The second-order valence-electron chi connectivity index (χ2n) is 2.16. The molecule has 0 radical (unpaired) electrons. The van der Waals surface area contributed by atoms with E-state index in [-0.39, 0.29) is 16.6 Å². The Morgan fingerprint density at radius 3 is 2.29 bits per heavy atom. The fraction of sp³-hybridized carbons (Fsp3) is 0.333. The summed E-state index contributed by atoms with van der Waals surface area (Å²) in [6, 6.07) is 0. The maximum atomic E-state index is 12.8. The molecule has 0 saturated carbocycles. The molecule has 8 heteroatoms. The Kier molecular flexibility index (Phi) is 3.63. The number of methoxy groups -OCH3 is 1. The highest BCUT2D eigenvalue weighted by Gasteiger charge is 2.31. The summed E-state index contributed by atoms with van der Waals surface area (Å²) in [5.41, 5.74) is -0.256. The van der Waals surface area contributed by atoms with Gasteiger partial charge in [-0.3, -0.25) is 0 Å². The van der Waals surface area contributed by atoms with Gasteiger partial charge in [0.05, 0.1) is 7.11 Å². The maximum Gasteiger partial charge on any atom is 0.312 e. The summed E-state index contributed by atoms with van der Waals surface area (Å²) in [5.74, 6) is -0.180. The second-order valence-corrected chi connectivity index (χ2v) is 4.82. The molecule has 0 saturated heterocycles. The minimum absolute atomic E-state index is 0.131. The smallest absolute Gasteiger partial charge is 0.312 e. The molecule has 0 amide bonds. The molecule has 0 aliphatic heterocycles. The van der Waals surface area contributed by atoms with Crippen LogP contribution >= 0.6 is 46.4 Å². The first-order valence-corrected chi connectivity index (χ1v) is 4.71. The van der Waals surface area contributed by atoms with Crippen molar-refractivity contribution in [2.24, 2.45) is 0 Å². The van der Waals surface area contributed by atoms with E-state index in [1.54, 1.807) is 0 Å². The highest BCUT2D eigenvalue weighted by atomic mass is 35.6. The average molecular weight is 280 g/mol. The summed E-state index contributed by atoms with van der Waals surface area (Å²) in [6.07, 6.45) is -1.08. The molecule has 0 atom stereocenters. The topological polar surface area (TPSA) is 35.0 Å². The summed E-state index contributed by atoms with van der Waals surface area (Å²) in [5, 5.41) is -0.131. The quantitative estimate of drug-likeness (QED) is 0.585. The Balaban J connectivity index is 3.37. The molecule has 0 fully saturated rings. The molecule has 0 N–H and O–H groups in total. The van der Waals surface area contributed by atoms with Gasteiger partial charge in [0.15, 0.2) is 0 Å². The van der Waals surface area contributed by atoms with E-state index >= 15 is 0 Å². The third-order valence-electron chi connectivity index (χ3n) is 1.26. The molecule has 0 unspecified atom stereocenters. The van der Waals surface area contributed by atoms with Crippen molar-refractivity contribution >= 4 is 46.4 Å². The number of aromatic nitrogens is 2. The zero-order valence-corrected chi connectivity index (χ0v) is 9.72. The summed E-state index contributed by atoms with van der Waals surface area (Å²) in [4.78, 5) is 6.52. The third-order valence-corrected chi connectivity index (χ3v) is 2.13. The number of nitrogens with zero attached hydrogens (tertiary/aromatic N) is 2. The first-order chi connectivity index (χ1) is 6.36. The molecule has 78 valence electrons. The van der Waals surface area contributed by atoms with Gasteiger partial charge < -0.3 is 4.74 Å². The second kappa shape index (κ2) is 4.23. The van der Waals surface area contributed by atoms with Crippen LogP contribution in [0.1, 0.15) is 5.69 Å². The van der Waals surface area contributed by atoms with Gasteiger partial charge in [0.25, 0.3) is 0 Å². The maximum absolute atomic E-state index is 12.8. The zero-order valence-electron chi connectivity index (χ0n) is 6.69. The lowest BCUT2D eigenvalue weighted by atomic mass is 10.4. The predicted octanol–water partition coefficient (Wildman–Crippen LogP) is 3.10. The van der Waals surface area contributed by atoms with Crippen molar-refractivity contribution in [3.05, 3.63) is 16.8 Å². The molecule has 1 aromatic heterocycles. The van der Waals surface area contributed by atoms with Crippen molar-refractivity contribution in [1.29, 1.82) is 0 Å². The third kappa shape index (κ3) is 2.51. The van der Waals surface area contributed by atoms with Crippen LogP contribution in [0, 0.1) is 6.08 Å². The number of hydrogen-bond acceptors (Lipinski definition) is 3. The number of ether oxygens (including phenoxy) is 1. The van der Waals surface area contributed by atoms with Gasteiger partial charge in [0.1, 0.15) is 10.7 Å². The van der Waals surface area contributed by atoms with Gasteiger partial charge in [-0.1, -0.05) is 46.4 Å². The number of hydrogen-bond donors (Lipinski definition) is 0. The van der Waals surface area contributed by atoms with Gasteiger partial charge in [-0.2, -0.15) is 9.37 Å². The van der Waals surface area contributed by atoms with E-state index in [2.05, 4.69) is 14.7 Å². The lowest BCUT2D eigenvalue weighted by Crippen LogP contribution is -2.09. The Bertz CT molecular complexity index is 354. The van der Waals surface area contributed by atoms with Gasteiger partial charge in [0.2, 0.25) is 9.67 Å². The van der Waals surface area contributed by atoms with Crippen LogP contribution < -0.4 is 4.74 Å². The van der Waals surface area contributed by atoms with Gasteiger partial charge in [-0.15, -0.1) is 0 Å². The molecule has 14 heavy (non-hydrogen) atoms. The van der Waals surface area contributed by atoms with Crippen LogP contribution in [0.15, 0.2) is 0 Å². The summed E-state index contributed by atoms with van der Waals surface area (Å²) in [6.45, 7) is 0. The van der Waals surface area contributed by atoms with E-state index in [4.69, 9.17) is 46.4 Å². The van der Waals surface area contributed by atoms with Crippen LogP contribution in [0.3, 0.4) is 0 Å². The average Bonchev–Trinajstić information content (AvgIpc) is 2.06. The molecule has 3 nitrogen and oxygen atoms in total. The van der Waals surface area contributed by atoms with Crippen LogP contribution in [0.2, 0.25) is 5.02 Å². The normalized spacial score (nSPS) is 11.6. The Morgan fingerprint density at radius 1 is 1.29 bits per heavy atom. The van der Waals surface area contributed by atoms with Gasteiger partial charge in [-0.05, 0) is 0 Å². The highest BCUT2D eigenvalue weighted by molar-refractivity contribution is 6.67. The lowest BCUT2D eigenvalue weighted by molar-refractivity contribution is 0.380. The van der Waals surface area contributed by atoms with E-state index in [1.165, 1.54) is 7.11 Å². The fourth-order valence-electron chi connectivity index (χ4n) is 0.724. The number of rotatable bonds is 1. The molecule has 0 bridgehead atoms. The van der Waals surface area contributed by atoms with Crippen molar-refractivity contribution in [3.63, 3.8) is 0 Å². The first-order valence-electron chi connectivity index (χ1n) is 3.20. The molecule has 0 spiro atoms. The van der Waals surface area contributed by atoms with Crippen molar-refractivity contribution in [2.45, 2.75) is 3.79 Å². The summed E-state index contributed by atoms with van der Waals surface area (Å²) in [7, 11) is 1.26. The van der Waals surface area contributed by atoms with E-state index in [1.807, 2.05) is 0 Å². The number of alkyl halides is 3. The van der Waals surface area contributed by atoms with Crippen molar-refractivity contribution in [2.75, 3.05) is 7.11 Å². The minimum atomic E-state index is -1.92. The lowest BCUT2D eigenvalue weighted by Gasteiger charge is -2.12. The van der Waals surface area contributed by atoms with Crippen molar-refractivity contribution in [1.82, 2.24) is 9.97 Å². The zero-order chi connectivity index (χ0) is 10.9. The molecule has 0 aromatic carbocycles. The van der Waals surface area contributed by atoms with Gasteiger partial charge >= 0.3 is 6.08 Å². The summed E-state index contributed by atoms with van der Waals surface area (Å²) >= 11 is 22.2. The van der Waals surface area contributed by atoms with Crippen LogP contribution in [0.25, 0.3) is 0 Å². The predicted molar refractivity (Wildman–Crippen MR) is 52.8 cm³/mol. The summed E-state index contributed by atoms with van der Waals surface area (Å²) < 4.78 is 15.5. The SMILES string of the molecule is COc1nc(F)nc(C(Cl)(Cl)Cl)c1Cl. The standard InChI is InChI=1S/C6H3Cl4FN2O/c1-14-4-2(7)3(6(8,9)10)12-5(11)13-4/h1H3. The molecule has 1 rings (SSSR count). The van der Waals surface area contributed by atoms with Crippen LogP contribution in [-0.2, 0) is 3.79 Å².